The van der Waals surface area contributed by atoms with Gasteiger partial charge in [-0.3, -0.25) is 14.6 Å². The van der Waals surface area contributed by atoms with E-state index in [1.165, 1.54) is 17.0 Å². The highest BCUT2D eigenvalue weighted by Crippen LogP contribution is 2.34. The fourth-order valence-corrected chi connectivity index (χ4v) is 4.93. The van der Waals surface area contributed by atoms with Gasteiger partial charge >= 0.3 is 12.0 Å². The van der Waals surface area contributed by atoms with Crippen LogP contribution in [0, 0.1) is 5.82 Å². The second-order valence-electron chi connectivity index (χ2n) is 8.95. The molecule has 2 aromatic carbocycles. The van der Waals surface area contributed by atoms with E-state index in [0.717, 1.165) is 0 Å². The minimum atomic E-state index is -0.766. The van der Waals surface area contributed by atoms with Crippen molar-refractivity contribution in [3.8, 4) is 0 Å². The van der Waals surface area contributed by atoms with Gasteiger partial charge in [-0.05, 0) is 37.1 Å². The van der Waals surface area contributed by atoms with Crippen molar-refractivity contribution in [3.63, 3.8) is 0 Å². The van der Waals surface area contributed by atoms with Gasteiger partial charge in [0.15, 0.2) is 0 Å². The van der Waals surface area contributed by atoms with Gasteiger partial charge in [-0.2, -0.15) is 0 Å². The Labute approximate surface area is 220 Å². The molecule has 2 heterocycles. The van der Waals surface area contributed by atoms with Gasteiger partial charge in [-0.25, -0.2) is 14.0 Å². The van der Waals surface area contributed by atoms with Crippen LogP contribution in [0.25, 0.3) is 0 Å². The molecular weight excluding hydrogens is 499 g/mol. The number of nitrogens with zero attached hydrogens (tertiary/aromatic N) is 3. The molecular formula is C27H30ClFN4O4. The van der Waals surface area contributed by atoms with E-state index in [0.29, 0.717) is 61.0 Å². The van der Waals surface area contributed by atoms with Gasteiger partial charge in [0, 0.05) is 50.5 Å². The summed E-state index contributed by atoms with van der Waals surface area (Å²) in [5, 5.41) is 3.30. The Morgan fingerprint density at radius 3 is 2.54 bits per heavy atom. The van der Waals surface area contributed by atoms with E-state index in [1.807, 2.05) is 0 Å². The van der Waals surface area contributed by atoms with Crippen molar-refractivity contribution in [2.24, 2.45) is 0 Å². The predicted molar refractivity (Wildman–Crippen MR) is 138 cm³/mol. The molecule has 0 spiro atoms. The molecule has 2 aliphatic heterocycles. The van der Waals surface area contributed by atoms with Crippen molar-refractivity contribution in [2.45, 2.75) is 19.4 Å². The molecule has 0 bridgehead atoms. The Morgan fingerprint density at radius 1 is 1.08 bits per heavy atom. The van der Waals surface area contributed by atoms with Crippen molar-refractivity contribution >= 4 is 29.5 Å². The first-order valence-corrected chi connectivity index (χ1v) is 12.6. The summed E-state index contributed by atoms with van der Waals surface area (Å²) < 4.78 is 19.6. The average molecular weight is 529 g/mol. The van der Waals surface area contributed by atoms with E-state index in [2.05, 4.69) is 10.2 Å². The maximum Gasteiger partial charge on any atom is 0.338 e. The Bertz CT molecular complexity index is 1220. The number of carbonyl (C=O) groups is 3. The molecule has 0 radical (unpaired) electrons. The molecule has 3 amide bonds. The molecule has 10 heteroatoms. The van der Waals surface area contributed by atoms with E-state index in [-0.39, 0.29) is 24.1 Å². The minimum absolute atomic E-state index is 0.0505. The van der Waals surface area contributed by atoms with Crippen LogP contribution in [0.5, 0.6) is 0 Å². The molecule has 4 rings (SSSR count). The summed E-state index contributed by atoms with van der Waals surface area (Å²) in [5.74, 6) is -1.42. The molecule has 8 nitrogen and oxygen atoms in total. The number of amides is 3. The van der Waals surface area contributed by atoms with E-state index in [9.17, 15) is 18.8 Å². The number of nitrogens with one attached hydrogen (secondary N) is 1. The van der Waals surface area contributed by atoms with Crippen LogP contribution in [0.3, 0.4) is 0 Å². The molecule has 1 atom stereocenters. The van der Waals surface area contributed by atoms with Crippen LogP contribution in [0.2, 0.25) is 5.02 Å². The Balaban J connectivity index is 1.61. The normalized spacial score (nSPS) is 18.9. The van der Waals surface area contributed by atoms with Gasteiger partial charge in [-0.15, -0.1) is 0 Å². The Morgan fingerprint density at radius 2 is 1.81 bits per heavy atom. The van der Waals surface area contributed by atoms with Gasteiger partial charge in [0.05, 0.1) is 23.8 Å². The zero-order valence-corrected chi connectivity index (χ0v) is 21.6. The van der Waals surface area contributed by atoms with Crippen LogP contribution in [0.1, 0.15) is 35.3 Å². The van der Waals surface area contributed by atoms with Crippen LogP contribution in [-0.4, -0.2) is 79.0 Å². The first kappa shape index (κ1) is 26.6. The van der Waals surface area contributed by atoms with Crippen LogP contribution in [-0.2, 0) is 9.53 Å². The Hall–Kier alpha value is -3.43. The van der Waals surface area contributed by atoms with E-state index in [1.54, 1.807) is 55.3 Å². The topological polar surface area (TPSA) is 82.2 Å². The number of hydrogen-bond donors (Lipinski definition) is 1. The van der Waals surface area contributed by atoms with Gasteiger partial charge in [0.1, 0.15) is 5.82 Å². The van der Waals surface area contributed by atoms with E-state index in [4.69, 9.17) is 16.3 Å². The number of halogens is 2. The lowest BCUT2D eigenvalue weighted by Gasteiger charge is -2.36. The number of esters is 1. The Kier molecular flexibility index (Phi) is 8.45. The molecule has 37 heavy (non-hydrogen) atoms. The third kappa shape index (κ3) is 5.78. The first-order chi connectivity index (χ1) is 17.8. The summed E-state index contributed by atoms with van der Waals surface area (Å²) in [6.45, 7) is 4.19. The second-order valence-corrected chi connectivity index (χ2v) is 9.35. The number of ether oxygens (including phenoxy) is 1. The van der Waals surface area contributed by atoms with Gasteiger partial charge in [0.2, 0.25) is 0 Å². The maximum absolute atomic E-state index is 14.2. The maximum atomic E-state index is 14.2. The van der Waals surface area contributed by atoms with Crippen LogP contribution in [0.4, 0.5) is 9.18 Å². The van der Waals surface area contributed by atoms with Gasteiger partial charge in [0.25, 0.3) is 5.91 Å². The molecule has 1 saturated heterocycles. The SMILES string of the molecule is CCOC(=O)C1=C(CN2CCCN(C(=O)c3ccccc3F)CC2)N(C)C(=O)N[C@H]1c1ccccc1Cl. The van der Waals surface area contributed by atoms with Crippen molar-refractivity contribution in [1.82, 2.24) is 20.0 Å². The number of hydrogen-bond acceptors (Lipinski definition) is 5. The average Bonchev–Trinajstić information content (AvgIpc) is 3.12. The zero-order valence-electron chi connectivity index (χ0n) is 20.9. The molecule has 1 N–H and O–H groups in total. The van der Waals surface area contributed by atoms with Gasteiger partial charge in [-0.1, -0.05) is 41.9 Å². The monoisotopic (exact) mass is 528 g/mol. The largest absolute Gasteiger partial charge is 0.463 e. The summed E-state index contributed by atoms with van der Waals surface area (Å²) in [7, 11) is 1.61. The summed E-state index contributed by atoms with van der Waals surface area (Å²) >= 11 is 6.44. The first-order valence-electron chi connectivity index (χ1n) is 12.3. The molecule has 196 valence electrons. The molecule has 0 unspecified atom stereocenters. The van der Waals surface area contributed by atoms with E-state index < -0.39 is 17.8 Å². The number of benzene rings is 2. The third-order valence-corrected chi connectivity index (χ3v) is 6.99. The predicted octanol–water partition coefficient (Wildman–Crippen LogP) is 3.84. The fourth-order valence-electron chi connectivity index (χ4n) is 4.69. The highest BCUT2D eigenvalue weighted by molar-refractivity contribution is 6.31. The third-order valence-electron chi connectivity index (χ3n) is 6.64. The number of urea groups is 1. The van der Waals surface area contributed by atoms with E-state index >= 15 is 0 Å². The van der Waals surface area contributed by atoms with Crippen molar-refractivity contribution < 1.29 is 23.5 Å². The van der Waals surface area contributed by atoms with Crippen molar-refractivity contribution in [2.75, 3.05) is 46.4 Å². The number of likely N-dealkylation sites (N-methyl/N-ethyl adjacent to an activating group) is 1. The summed E-state index contributed by atoms with van der Waals surface area (Å²) in [5.41, 5.74) is 1.49. The lowest BCUT2D eigenvalue weighted by atomic mass is 9.94. The molecule has 0 aromatic heterocycles. The fraction of sp³-hybridized carbons (Fsp3) is 0.370. The molecule has 2 aliphatic rings. The smallest absolute Gasteiger partial charge is 0.338 e. The van der Waals surface area contributed by atoms with Gasteiger partial charge < -0.3 is 15.0 Å². The highest BCUT2D eigenvalue weighted by atomic mass is 35.5. The molecule has 2 aromatic rings. The summed E-state index contributed by atoms with van der Waals surface area (Å²) in [4.78, 5) is 44.2. The summed E-state index contributed by atoms with van der Waals surface area (Å²) in [6, 6.07) is 11.9. The van der Waals surface area contributed by atoms with Crippen LogP contribution >= 0.6 is 11.6 Å². The lowest BCUT2D eigenvalue weighted by molar-refractivity contribution is -0.139. The quantitative estimate of drug-likeness (QED) is 0.576. The molecule has 0 aliphatic carbocycles. The summed E-state index contributed by atoms with van der Waals surface area (Å²) in [6.07, 6.45) is 0.659. The highest BCUT2D eigenvalue weighted by Gasteiger charge is 2.38. The van der Waals surface area contributed by atoms with Crippen LogP contribution < -0.4 is 5.32 Å². The molecule has 0 saturated carbocycles. The zero-order chi connectivity index (χ0) is 26.5. The van der Waals surface area contributed by atoms with Crippen molar-refractivity contribution in [3.05, 3.63) is 81.8 Å². The number of carbonyl (C=O) groups excluding carboxylic acids is 3. The number of rotatable bonds is 6. The van der Waals surface area contributed by atoms with Crippen molar-refractivity contribution in [1.29, 1.82) is 0 Å². The second kappa shape index (κ2) is 11.7. The molecule has 1 fully saturated rings. The minimum Gasteiger partial charge on any atom is -0.463 e. The standard InChI is InChI=1S/C27H30ClFN4O4/c1-3-37-26(35)23-22(31(2)27(36)30-24(23)18-9-4-6-11-20(18)28)17-32-13-8-14-33(16-15-32)25(34)19-10-5-7-12-21(19)29/h4-7,9-12,24H,3,8,13-17H2,1-2H3,(H,30,36)/t24-/m0/s1. The van der Waals surface area contributed by atoms with Crippen LogP contribution in [0.15, 0.2) is 59.8 Å². The lowest BCUT2D eigenvalue weighted by Crippen LogP contribution is -2.49.